The molecule has 1 aromatic rings. The van der Waals surface area contributed by atoms with E-state index in [1.165, 1.54) is 0 Å². The molecule has 0 aliphatic carbocycles. The molecular formula is C13H15BrF2N2O3. The Morgan fingerprint density at radius 3 is 2.48 bits per heavy atom. The molecule has 21 heavy (non-hydrogen) atoms. The first-order valence-electron chi connectivity index (χ1n) is 6.21. The van der Waals surface area contributed by atoms with E-state index < -0.39 is 29.7 Å². The quantitative estimate of drug-likeness (QED) is 0.701. The highest BCUT2D eigenvalue weighted by Crippen LogP contribution is 2.23. The molecule has 2 amide bonds. The van der Waals surface area contributed by atoms with Crippen LogP contribution in [0.4, 0.5) is 19.3 Å². The van der Waals surface area contributed by atoms with Crippen LogP contribution in [0.1, 0.15) is 20.3 Å². The molecule has 0 spiro atoms. The van der Waals surface area contributed by atoms with Crippen molar-refractivity contribution in [2.24, 2.45) is 5.92 Å². The van der Waals surface area contributed by atoms with Gasteiger partial charge >= 0.3 is 12.0 Å². The van der Waals surface area contributed by atoms with Crippen LogP contribution in [0, 0.1) is 17.6 Å². The fourth-order valence-corrected chi connectivity index (χ4v) is 1.94. The van der Waals surface area contributed by atoms with Crippen molar-refractivity contribution in [1.82, 2.24) is 5.32 Å². The number of carbonyl (C=O) groups excluding carboxylic acids is 1. The molecule has 0 radical (unpaired) electrons. The van der Waals surface area contributed by atoms with Crippen molar-refractivity contribution in [3.8, 4) is 0 Å². The average molecular weight is 365 g/mol. The van der Waals surface area contributed by atoms with Gasteiger partial charge in [-0.1, -0.05) is 20.3 Å². The lowest BCUT2D eigenvalue weighted by Crippen LogP contribution is -2.46. The number of nitrogens with one attached hydrogen (secondary N) is 2. The van der Waals surface area contributed by atoms with Gasteiger partial charge in [0.2, 0.25) is 0 Å². The van der Waals surface area contributed by atoms with Crippen molar-refractivity contribution in [2.45, 2.75) is 26.3 Å². The summed E-state index contributed by atoms with van der Waals surface area (Å²) in [6.07, 6.45) is 0.549. The zero-order valence-electron chi connectivity index (χ0n) is 11.4. The Morgan fingerprint density at radius 1 is 1.33 bits per heavy atom. The van der Waals surface area contributed by atoms with E-state index in [4.69, 9.17) is 5.11 Å². The summed E-state index contributed by atoms with van der Waals surface area (Å²) in [6, 6.07) is -0.297. The Labute approximate surface area is 128 Å². The number of rotatable bonds is 5. The molecule has 0 fully saturated rings. The minimum absolute atomic E-state index is 0.0177. The highest BCUT2D eigenvalue weighted by Gasteiger charge is 2.25. The van der Waals surface area contributed by atoms with E-state index in [1.54, 1.807) is 13.8 Å². The molecule has 8 heteroatoms. The smallest absolute Gasteiger partial charge is 0.326 e. The van der Waals surface area contributed by atoms with E-state index in [-0.39, 0.29) is 16.1 Å². The predicted molar refractivity (Wildman–Crippen MR) is 77.1 cm³/mol. The molecule has 0 saturated heterocycles. The average Bonchev–Trinajstić information content (AvgIpc) is 2.41. The summed E-state index contributed by atoms with van der Waals surface area (Å²) in [4.78, 5) is 22.8. The molecule has 0 saturated carbocycles. The van der Waals surface area contributed by atoms with E-state index in [0.717, 1.165) is 6.07 Å². The van der Waals surface area contributed by atoms with Gasteiger partial charge in [-0.2, -0.15) is 0 Å². The van der Waals surface area contributed by atoms with Crippen LogP contribution >= 0.6 is 15.9 Å². The first kappa shape index (κ1) is 17.4. The normalized spacial score (nSPS) is 13.4. The number of hydrogen-bond donors (Lipinski definition) is 3. The Bertz CT molecular complexity index is 554. The summed E-state index contributed by atoms with van der Waals surface area (Å²) in [6.45, 7) is 3.46. The van der Waals surface area contributed by atoms with Gasteiger partial charge in [0.15, 0.2) is 0 Å². The van der Waals surface area contributed by atoms with Gasteiger partial charge in [-0.05, 0) is 27.9 Å². The van der Waals surface area contributed by atoms with Crippen molar-refractivity contribution in [3.63, 3.8) is 0 Å². The molecule has 3 N–H and O–H groups in total. The summed E-state index contributed by atoms with van der Waals surface area (Å²) in [5.74, 6) is -3.24. The Balaban J connectivity index is 2.81. The number of benzene rings is 1. The molecule has 5 nitrogen and oxygen atoms in total. The monoisotopic (exact) mass is 364 g/mol. The summed E-state index contributed by atoms with van der Waals surface area (Å²) in [7, 11) is 0. The molecule has 0 bridgehead atoms. The lowest BCUT2D eigenvalue weighted by atomic mass is 9.99. The topological polar surface area (TPSA) is 78.4 Å². The van der Waals surface area contributed by atoms with Crippen LogP contribution in [-0.2, 0) is 4.79 Å². The largest absolute Gasteiger partial charge is 0.480 e. The highest BCUT2D eigenvalue weighted by molar-refractivity contribution is 9.10. The molecule has 116 valence electrons. The number of carbonyl (C=O) groups is 2. The number of carboxylic acid groups (broad SMARTS) is 1. The van der Waals surface area contributed by atoms with Crippen molar-refractivity contribution < 1.29 is 23.5 Å². The van der Waals surface area contributed by atoms with Crippen LogP contribution in [0.2, 0.25) is 0 Å². The first-order chi connectivity index (χ1) is 9.76. The lowest BCUT2D eigenvalue weighted by Gasteiger charge is -2.20. The minimum atomic E-state index is -1.18. The van der Waals surface area contributed by atoms with Gasteiger partial charge in [-0.15, -0.1) is 0 Å². The van der Waals surface area contributed by atoms with Gasteiger partial charge in [0.05, 0.1) is 10.2 Å². The van der Waals surface area contributed by atoms with E-state index in [9.17, 15) is 18.4 Å². The Hall–Kier alpha value is -1.70. The van der Waals surface area contributed by atoms with Gasteiger partial charge in [0.1, 0.15) is 17.7 Å². The summed E-state index contributed by atoms with van der Waals surface area (Å²) in [5, 5.41) is 13.5. The highest BCUT2D eigenvalue weighted by atomic mass is 79.9. The molecule has 2 atom stereocenters. The SMILES string of the molecule is CC[C@H](C)[C@H](NC(=O)Nc1cc(Br)c(F)cc1F)C(=O)O. The van der Waals surface area contributed by atoms with Crippen LogP contribution in [0.15, 0.2) is 16.6 Å². The van der Waals surface area contributed by atoms with Crippen molar-refractivity contribution in [2.75, 3.05) is 5.32 Å². The predicted octanol–water partition coefficient (Wildman–Crippen LogP) is 3.35. The van der Waals surface area contributed by atoms with Crippen molar-refractivity contribution in [3.05, 3.63) is 28.2 Å². The van der Waals surface area contributed by atoms with Gasteiger partial charge in [0, 0.05) is 6.07 Å². The Kier molecular flexibility index (Phi) is 6.07. The second-order valence-corrected chi connectivity index (χ2v) is 5.40. The minimum Gasteiger partial charge on any atom is -0.480 e. The van der Waals surface area contributed by atoms with Crippen molar-refractivity contribution >= 4 is 33.6 Å². The third-order valence-corrected chi connectivity index (χ3v) is 3.63. The number of carboxylic acids is 1. The maximum absolute atomic E-state index is 13.5. The first-order valence-corrected chi connectivity index (χ1v) is 7.00. The fourth-order valence-electron chi connectivity index (χ4n) is 1.60. The third-order valence-electron chi connectivity index (χ3n) is 3.02. The van der Waals surface area contributed by atoms with E-state index in [0.29, 0.717) is 12.5 Å². The molecular weight excluding hydrogens is 350 g/mol. The van der Waals surface area contributed by atoms with E-state index in [1.807, 2.05) is 0 Å². The summed E-state index contributed by atoms with van der Waals surface area (Å²) >= 11 is 2.87. The molecule has 1 rings (SSSR count). The standard InChI is InChI=1S/C13H15BrF2N2O3/c1-3-6(2)11(12(19)20)18-13(21)17-10-4-7(14)8(15)5-9(10)16/h4-6,11H,3H2,1-2H3,(H,19,20)(H2,17,18,21)/t6-,11-/m0/s1. The molecule has 0 aliphatic heterocycles. The van der Waals surface area contributed by atoms with Crippen LogP contribution in [0.25, 0.3) is 0 Å². The molecule has 0 aliphatic rings. The van der Waals surface area contributed by atoms with Gasteiger partial charge in [0.25, 0.3) is 0 Å². The van der Waals surface area contributed by atoms with Crippen LogP contribution in [-0.4, -0.2) is 23.1 Å². The lowest BCUT2D eigenvalue weighted by molar-refractivity contribution is -0.140. The maximum Gasteiger partial charge on any atom is 0.326 e. The van der Waals surface area contributed by atoms with Crippen LogP contribution in [0.3, 0.4) is 0 Å². The molecule has 0 unspecified atom stereocenters. The number of amides is 2. The van der Waals surface area contributed by atoms with Gasteiger partial charge in [-0.25, -0.2) is 18.4 Å². The Morgan fingerprint density at radius 2 is 1.95 bits per heavy atom. The van der Waals surface area contributed by atoms with Gasteiger partial charge < -0.3 is 15.7 Å². The number of anilines is 1. The van der Waals surface area contributed by atoms with Crippen LogP contribution < -0.4 is 10.6 Å². The summed E-state index contributed by atoms with van der Waals surface area (Å²) < 4.78 is 26.5. The third kappa shape index (κ3) is 4.66. The summed E-state index contributed by atoms with van der Waals surface area (Å²) in [5.41, 5.74) is -0.255. The fraction of sp³-hybridized carbons (Fsp3) is 0.385. The molecule has 1 aromatic carbocycles. The maximum atomic E-state index is 13.5. The van der Waals surface area contributed by atoms with Crippen LogP contribution in [0.5, 0.6) is 0 Å². The number of hydrogen-bond acceptors (Lipinski definition) is 2. The molecule has 0 heterocycles. The number of halogens is 3. The second kappa shape index (κ2) is 7.35. The van der Waals surface area contributed by atoms with E-state index >= 15 is 0 Å². The number of urea groups is 1. The zero-order valence-corrected chi connectivity index (χ0v) is 13.0. The number of aliphatic carboxylic acids is 1. The second-order valence-electron chi connectivity index (χ2n) is 4.55. The zero-order chi connectivity index (χ0) is 16.2. The van der Waals surface area contributed by atoms with E-state index in [2.05, 4.69) is 26.6 Å². The molecule has 0 aromatic heterocycles. The van der Waals surface area contributed by atoms with Gasteiger partial charge in [-0.3, -0.25) is 0 Å². The van der Waals surface area contributed by atoms with Crippen molar-refractivity contribution in [1.29, 1.82) is 0 Å².